The molecule has 41 heavy (non-hydrogen) atoms. The van der Waals surface area contributed by atoms with Gasteiger partial charge in [-0.2, -0.15) is 0 Å². The van der Waals surface area contributed by atoms with E-state index in [0.29, 0.717) is 52.5 Å². The third kappa shape index (κ3) is 5.52. The van der Waals surface area contributed by atoms with Crippen LogP contribution >= 0.6 is 11.6 Å². The number of hydrogen-bond acceptors (Lipinski definition) is 9. The van der Waals surface area contributed by atoms with Crippen LogP contribution in [0.5, 0.6) is 11.5 Å². The topological polar surface area (TPSA) is 135 Å². The van der Waals surface area contributed by atoms with Crippen molar-refractivity contribution in [2.75, 3.05) is 31.9 Å². The standard InChI is InChI=1S/C29H30ClN5O6/c1-16(17-4-5-24-25(11-17)41-15-40-24)32-27(37)23(14-36)35-13-19-3-2-18(10-21(19)28(35)38)26-22(30)12-31-29(34-26)33-20-6-8-39-9-7-20/h2-5,10-12,16,20,23,36H,6-9,13-15H2,1H3,(H,32,37)(H,31,33,34)/t16-,23?/m1/s1. The Kier molecular flexibility index (Phi) is 7.65. The number of hydrogen-bond donors (Lipinski definition) is 3. The van der Waals surface area contributed by atoms with Crippen LogP contribution in [-0.4, -0.2) is 70.5 Å². The third-order valence-corrected chi connectivity index (χ3v) is 7.90. The molecular formula is C29H30ClN5O6. The van der Waals surface area contributed by atoms with Crippen molar-refractivity contribution in [3.63, 3.8) is 0 Å². The number of nitrogens with one attached hydrogen (secondary N) is 2. The number of aliphatic hydroxyl groups excluding tert-OH is 1. The number of fused-ring (bicyclic) bond motifs is 2. The van der Waals surface area contributed by atoms with Gasteiger partial charge in [-0.3, -0.25) is 9.59 Å². The van der Waals surface area contributed by atoms with E-state index in [2.05, 4.69) is 20.6 Å². The summed E-state index contributed by atoms with van der Waals surface area (Å²) in [6.07, 6.45) is 3.26. The highest BCUT2D eigenvalue weighted by Gasteiger charge is 2.37. The lowest BCUT2D eigenvalue weighted by Gasteiger charge is -2.27. The first-order chi connectivity index (χ1) is 19.9. The monoisotopic (exact) mass is 579 g/mol. The quantitative estimate of drug-likeness (QED) is 0.367. The van der Waals surface area contributed by atoms with Crippen LogP contribution in [0.15, 0.2) is 42.6 Å². The predicted octanol–water partition coefficient (Wildman–Crippen LogP) is 3.31. The van der Waals surface area contributed by atoms with E-state index in [4.69, 9.17) is 25.8 Å². The van der Waals surface area contributed by atoms with E-state index in [1.807, 2.05) is 31.2 Å². The van der Waals surface area contributed by atoms with Crippen molar-refractivity contribution in [1.29, 1.82) is 0 Å². The van der Waals surface area contributed by atoms with Gasteiger partial charge in [0.15, 0.2) is 11.5 Å². The van der Waals surface area contributed by atoms with Crippen LogP contribution in [-0.2, 0) is 16.1 Å². The molecule has 2 amide bonds. The van der Waals surface area contributed by atoms with Crippen molar-refractivity contribution in [3.8, 4) is 22.8 Å². The van der Waals surface area contributed by atoms with Crippen LogP contribution in [0.25, 0.3) is 11.3 Å². The summed E-state index contributed by atoms with van der Waals surface area (Å²) in [6.45, 7) is 3.03. The minimum absolute atomic E-state index is 0.156. The second-order valence-electron chi connectivity index (χ2n) is 10.3. The van der Waals surface area contributed by atoms with Gasteiger partial charge in [0, 0.05) is 36.9 Å². The highest BCUT2D eigenvalue weighted by atomic mass is 35.5. The molecule has 4 heterocycles. The maximum Gasteiger partial charge on any atom is 0.255 e. The van der Waals surface area contributed by atoms with Crippen molar-refractivity contribution in [1.82, 2.24) is 20.2 Å². The molecule has 0 aliphatic carbocycles. The Bertz CT molecular complexity index is 1480. The van der Waals surface area contributed by atoms with Crippen molar-refractivity contribution in [3.05, 3.63) is 64.3 Å². The van der Waals surface area contributed by atoms with Crippen LogP contribution in [0.2, 0.25) is 5.02 Å². The van der Waals surface area contributed by atoms with Gasteiger partial charge in [-0.1, -0.05) is 29.8 Å². The molecule has 1 fully saturated rings. The van der Waals surface area contributed by atoms with Crippen molar-refractivity contribution >= 4 is 29.4 Å². The van der Waals surface area contributed by atoms with Gasteiger partial charge in [-0.15, -0.1) is 0 Å². The van der Waals surface area contributed by atoms with Crippen LogP contribution < -0.4 is 20.1 Å². The Morgan fingerprint density at radius 2 is 1.98 bits per heavy atom. The molecule has 11 nitrogen and oxygen atoms in total. The molecule has 3 aromatic rings. The fourth-order valence-electron chi connectivity index (χ4n) is 5.28. The number of anilines is 1. The highest BCUT2D eigenvalue weighted by molar-refractivity contribution is 6.33. The van der Waals surface area contributed by atoms with Crippen LogP contribution in [0.4, 0.5) is 5.95 Å². The van der Waals surface area contributed by atoms with Gasteiger partial charge in [-0.05, 0) is 49.1 Å². The number of carbonyl (C=O) groups is 2. The van der Waals surface area contributed by atoms with E-state index in [-0.39, 0.29) is 31.3 Å². The summed E-state index contributed by atoms with van der Waals surface area (Å²) in [7, 11) is 0. The average molecular weight is 580 g/mol. The molecule has 3 N–H and O–H groups in total. The molecule has 214 valence electrons. The number of halogens is 1. The maximum absolute atomic E-state index is 13.5. The van der Waals surface area contributed by atoms with Crippen molar-refractivity contribution in [2.24, 2.45) is 0 Å². The van der Waals surface area contributed by atoms with Crippen molar-refractivity contribution < 1.29 is 28.9 Å². The molecule has 1 unspecified atom stereocenters. The smallest absolute Gasteiger partial charge is 0.255 e. The fourth-order valence-corrected chi connectivity index (χ4v) is 5.48. The van der Waals surface area contributed by atoms with Crippen LogP contribution in [0, 0.1) is 0 Å². The number of ether oxygens (including phenoxy) is 3. The number of aliphatic hydroxyl groups is 1. The summed E-state index contributed by atoms with van der Waals surface area (Å²) in [5.41, 5.74) is 3.15. The second-order valence-corrected chi connectivity index (χ2v) is 10.7. The summed E-state index contributed by atoms with van der Waals surface area (Å²) in [4.78, 5) is 37.1. The van der Waals surface area contributed by atoms with Gasteiger partial charge in [0.1, 0.15) is 6.04 Å². The molecule has 0 spiro atoms. The zero-order valence-corrected chi connectivity index (χ0v) is 23.2. The third-order valence-electron chi connectivity index (χ3n) is 7.62. The highest BCUT2D eigenvalue weighted by Crippen LogP contribution is 2.35. The molecule has 3 aliphatic rings. The summed E-state index contributed by atoms with van der Waals surface area (Å²) in [5, 5.41) is 16.8. The van der Waals surface area contributed by atoms with Gasteiger partial charge in [0.2, 0.25) is 18.6 Å². The first-order valence-electron chi connectivity index (χ1n) is 13.5. The molecule has 2 atom stereocenters. The first kappa shape index (κ1) is 27.3. The van der Waals surface area contributed by atoms with Gasteiger partial charge in [0.05, 0.1) is 29.6 Å². The van der Waals surface area contributed by atoms with Gasteiger partial charge < -0.3 is 34.9 Å². The first-order valence-corrected chi connectivity index (χ1v) is 13.9. The SMILES string of the molecule is C[C@@H](NC(=O)C(CO)N1Cc2ccc(-c3nc(NC4CCOCC4)ncc3Cl)cc2C1=O)c1ccc2c(c1)OCO2. The van der Waals surface area contributed by atoms with E-state index in [9.17, 15) is 14.7 Å². The molecule has 0 bridgehead atoms. The predicted molar refractivity (Wildman–Crippen MR) is 150 cm³/mol. The minimum atomic E-state index is -1.06. The van der Waals surface area contributed by atoms with E-state index in [1.54, 1.807) is 18.3 Å². The lowest BCUT2D eigenvalue weighted by atomic mass is 10.0. The van der Waals surface area contributed by atoms with Crippen molar-refractivity contribution in [2.45, 2.75) is 44.4 Å². The number of rotatable bonds is 8. The molecule has 1 saturated heterocycles. The lowest BCUT2D eigenvalue weighted by molar-refractivity contribution is -0.127. The van der Waals surface area contributed by atoms with E-state index >= 15 is 0 Å². The van der Waals surface area contributed by atoms with Gasteiger partial charge >= 0.3 is 0 Å². The zero-order chi connectivity index (χ0) is 28.5. The molecule has 6 rings (SSSR count). The molecule has 0 saturated carbocycles. The Balaban J connectivity index is 1.17. The largest absolute Gasteiger partial charge is 0.454 e. The molecule has 3 aliphatic heterocycles. The summed E-state index contributed by atoms with van der Waals surface area (Å²) >= 11 is 6.47. The van der Waals surface area contributed by atoms with E-state index in [0.717, 1.165) is 24.0 Å². The Morgan fingerprint density at radius 3 is 2.78 bits per heavy atom. The molecule has 0 radical (unpaired) electrons. The van der Waals surface area contributed by atoms with E-state index in [1.165, 1.54) is 4.90 Å². The second kappa shape index (κ2) is 11.5. The normalized spacial score (nSPS) is 17.7. The zero-order valence-electron chi connectivity index (χ0n) is 22.4. The Morgan fingerprint density at radius 1 is 1.17 bits per heavy atom. The molecule has 2 aromatic carbocycles. The number of amides is 2. The van der Waals surface area contributed by atoms with Gasteiger partial charge in [-0.25, -0.2) is 9.97 Å². The minimum Gasteiger partial charge on any atom is -0.454 e. The van der Waals surface area contributed by atoms with E-state index < -0.39 is 18.6 Å². The van der Waals surface area contributed by atoms with Crippen LogP contribution in [0.3, 0.4) is 0 Å². The number of nitrogens with zero attached hydrogens (tertiary/aromatic N) is 3. The molecular weight excluding hydrogens is 550 g/mol. The summed E-state index contributed by atoms with van der Waals surface area (Å²) in [6, 6.07) is 9.60. The summed E-state index contributed by atoms with van der Waals surface area (Å²) < 4.78 is 16.2. The van der Waals surface area contributed by atoms with Crippen LogP contribution in [0.1, 0.15) is 47.3 Å². The molecule has 12 heteroatoms. The average Bonchev–Trinajstić information content (AvgIpc) is 3.59. The van der Waals surface area contributed by atoms with Gasteiger partial charge in [0.25, 0.3) is 5.91 Å². The molecule has 1 aromatic heterocycles. The lowest BCUT2D eigenvalue weighted by Crippen LogP contribution is -2.49. The fraction of sp³-hybridized carbons (Fsp3) is 0.379. The number of carbonyl (C=O) groups excluding carboxylic acids is 2. The number of aromatic nitrogens is 2. The summed E-state index contributed by atoms with van der Waals surface area (Å²) in [5.74, 6) is 0.909. The Labute approximate surface area is 241 Å². The maximum atomic E-state index is 13.5. The number of benzene rings is 2. The Hall–Kier alpha value is -3.93.